The number of primary amides is 2. The van der Waals surface area contributed by atoms with Gasteiger partial charge in [-0.25, -0.2) is 34.5 Å². The molecule has 6 aromatic heterocycles. The summed E-state index contributed by atoms with van der Waals surface area (Å²) in [6.07, 6.45) is -3.43. The number of benzene rings is 2. The highest BCUT2D eigenvalue weighted by molar-refractivity contribution is 6.13. The molecular formula is C64H70N16O19. The number of imide groups is 1. The van der Waals surface area contributed by atoms with Crippen molar-refractivity contribution in [2.45, 2.75) is 110 Å². The SMILES string of the molecule is CCc1nc(C)oc1C(=O)Nc1nc2cc(C(N)=O)cc(OCCCN(C)C(=O)OCc3ccc(O[C@@H]4O[C@H](C(=O)O)[C@@H](O)[C@H](O)[C@H]4O)c(NC(=O)CCNC(=O)CCN4C(=O)C=CC4=O)c3)c2n1C/C=C/Cn1c2nc(-c3cc(C)nn3CC)ncc2c2nc(C(N)=O)cc(OC)c21. The number of nitrogens with zero attached hydrogens (tertiary/aromatic N) is 11. The molecule has 2 aliphatic rings. The van der Waals surface area contributed by atoms with Gasteiger partial charge in [0.1, 0.15) is 75.8 Å². The zero-order chi connectivity index (χ0) is 71.1. The number of carboxylic acid groups (broad SMARTS) is 1. The monoisotopic (exact) mass is 1370 g/mol. The number of aliphatic carboxylic acids is 1. The molecule has 99 heavy (non-hydrogen) atoms. The number of aromatic nitrogens is 9. The van der Waals surface area contributed by atoms with Crippen LogP contribution in [0.3, 0.4) is 0 Å². The van der Waals surface area contributed by atoms with E-state index in [-0.39, 0.29) is 121 Å². The summed E-state index contributed by atoms with van der Waals surface area (Å²) in [4.78, 5) is 140. The Morgan fingerprint density at radius 3 is 2.26 bits per heavy atom. The van der Waals surface area contributed by atoms with E-state index in [2.05, 4.69) is 36.0 Å². The Morgan fingerprint density at radius 2 is 1.57 bits per heavy atom. The smallest absolute Gasteiger partial charge is 0.409 e. The third-order valence-corrected chi connectivity index (χ3v) is 15.9. The molecule has 1 fully saturated rings. The number of nitrogens with one attached hydrogen (secondary N) is 3. The molecule has 0 saturated carbocycles. The van der Waals surface area contributed by atoms with Crippen LogP contribution in [-0.4, -0.2) is 199 Å². The molecule has 8 heterocycles. The van der Waals surface area contributed by atoms with Gasteiger partial charge in [-0.1, -0.05) is 25.1 Å². The third kappa shape index (κ3) is 15.4. The molecule has 35 heteroatoms. The second kappa shape index (κ2) is 30.2. The summed E-state index contributed by atoms with van der Waals surface area (Å²) in [5, 5.41) is 54.1. The van der Waals surface area contributed by atoms with Gasteiger partial charge in [-0.15, -0.1) is 0 Å². The van der Waals surface area contributed by atoms with Gasteiger partial charge in [0.25, 0.3) is 23.6 Å². The lowest BCUT2D eigenvalue weighted by Crippen LogP contribution is -2.61. The van der Waals surface area contributed by atoms with Crippen LogP contribution in [-0.2, 0) is 66.1 Å². The Kier molecular flexibility index (Phi) is 21.4. The average molecular weight is 1370 g/mol. The fourth-order valence-corrected chi connectivity index (χ4v) is 11.0. The molecule has 2 aliphatic heterocycles. The lowest BCUT2D eigenvalue weighted by atomic mass is 9.99. The number of aryl methyl sites for hydroxylation is 4. The van der Waals surface area contributed by atoms with Crippen molar-refractivity contribution < 1.29 is 91.7 Å². The quantitative estimate of drug-likeness (QED) is 0.0184. The number of amides is 8. The summed E-state index contributed by atoms with van der Waals surface area (Å²) in [6, 6.07) is 10.2. The molecule has 8 amide bonds. The number of ether oxygens (including phenoxy) is 5. The number of imidazole rings is 1. The maximum Gasteiger partial charge on any atom is 0.409 e. The molecule has 0 radical (unpaired) electrons. The van der Waals surface area contributed by atoms with E-state index in [4.69, 9.17) is 49.5 Å². The summed E-state index contributed by atoms with van der Waals surface area (Å²) < 4.78 is 39.9. The van der Waals surface area contributed by atoms with Crippen LogP contribution in [0.25, 0.3) is 44.6 Å². The average Bonchev–Trinajstić information content (AvgIpc) is 1.60. The van der Waals surface area contributed by atoms with Gasteiger partial charge in [0.15, 0.2) is 17.8 Å². The fraction of sp³-hybridized carbons (Fsp3) is 0.359. The van der Waals surface area contributed by atoms with E-state index in [1.165, 1.54) is 55.5 Å². The Morgan fingerprint density at radius 1 is 0.818 bits per heavy atom. The van der Waals surface area contributed by atoms with Crippen LogP contribution in [0, 0.1) is 13.8 Å². The van der Waals surface area contributed by atoms with Crippen LogP contribution >= 0.6 is 0 Å². The van der Waals surface area contributed by atoms with E-state index in [1.807, 2.05) is 37.5 Å². The first-order chi connectivity index (χ1) is 47.4. The molecule has 35 nitrogen and oxygen atoms in total. The van der Waals surface area contributed by atoms with Crippen molar-refractivity contribution in [2.75, 3.05) is 51.0 Å². The standard InChI is InChI=1S/C64H70N16O19/c1-7-36-54(97-32(4)69-36)60(90)74-63-72-38-26-34(56(65)88)27-43(49(38)79(63)21-10-9-20-78-50-42(94-6)28-39(57(66)89)71-48(50)35-29-68-58(73-59(35)78)40-24-31(3)75-80(40)8-2)95-23-11-19-76(5)64(93)96-30-33-12-13-41(98-62-53(87)51(85)52(86)55(99-62)61(91)92)37(25-33)70-45(82)16-18-67-44(81)17-22-77-46(83)14-15-47(77)84/h9-10,12-15,24-29,51-53,55,62,85-87H,7-8,11,16-23,30H2,1-6H3,(H2,65,88)(H2,66,89)(H,67,81)(H,70,82)(H,91,92)(H,72,74,90)/b10-9+/t51-,52-,53+,55-,62+/m0/s1. The number of fused-ring (bicyclic) bond motifs is 4. The van der Waals surface area contributed by atoms with E-state index < -0.39 is 90.7 Å². The molecule has 0 unspecified atom stereocenters. The Balaban J connectivity index is 0.859. The largest absolute Gasteiger partial charge is 0.494 e. The second-order valence-electron chi connectivity index (χ2n) is 22.8. The molecule has 10 rings (SSSR count). The molecular weight excluding hydrogens is 1300 g/mol. The normalized spacial score (nSPS) is 16.8. The number of carboxylic acids is 1. The Bertz CT molecular complexity index is 4550. The molecule has 520 valence electrons. The zero-order valence-corrected chi connectivity index (χ0v) is 54.3. The molecule has 0 bridgehead atoms. The predicted octanol–water partition coefficient (Wildman–Crippen LogP) is 2.16. The molecule has 0 spiro atoms. The number of pyridine rings is 1. The van der Waals surface area contributed by atoms with Crippen molar-refractivity contribution in [3.05, 3.63) is 113 Å². The molecule has 2 aromatic carbocycles. The number of oxazole rings is 1. The van der Waals surface area contributed by atoms with E-state index in [1.54, 1.807) is 28.4 Å². The fourth-order valence-electron chi connectivity index (χ4n) is 11.0. The van der Waals surface area contributed by atoms with Crippen molar-refractivity contribution in [2.24, 2.45) is 11.5 Å². The van der Waals surface area contributed by atoms with Crippen LogP contribution < -0.4 is 41.6 Å². The first-order valence-electron chi connectivity index (χ1n) is 31.0. The Hall–Kier alpha value is -11.7. The number of methoxy groups -OCH3 is 1. The van der Waals surface area contributed by atoms with Crippen molar-refractivity contribution in [3.63, 3.8) is 0 Å². The number of carbonyl (C=O) groups is 9. The summed E-state index contributed by atoms with van der Waals surface area (Å²) in [5.74, 6) is -5.56. The number of aliphatic hydroxyl groups excluding tert-OH is 3. The van der Waals surface area contributed by atoms with Gasteiger partial charge in [0.05, 0.1) is 41.7 Å². The van der Waals surface area contributed by atoms with Crippen molar-refractivity contribution in [1.82, 2.24) is 59.0 Å². The molecule has 8 aromatic rings. The van der Waals surface area contributed by atoms with Crippen molar-refractivity contribution >= 4 is 98.1 Å². The topological polar surface area (TPSA) is 481 Å². The number of allylic oxidation sites excluding steroid dienone is 2. The minimum atomic E-state index is -2.03. The maximum atomic E-state index is 14.1. The minimum Gasteiger partial charge on any atom is -0.494 e. The number of aliphatic hydroxyl groups is 3. The van der Waals surface area contributed by atoms with Gasteiger partial charge in [0, 0.05) is 96.1 Å². The number of carbonyl (C=O) groups excluding carboxylic acids is 8. The van der Waals surface area contributed by atoms with Crippen LogP contribution in [0.4, 0.5) is 16.4 Å². The molecule has 11 N–H and O–H groups in total. The van der Waals surface area contributed by atoms with Gasteiger partial charge in [-0.2, -0.15) is 5.10 Å². The van der Waals surface area contributed by atoms with Crippen LogP contribution in [0.1, 0.15) is 87.4 Å². The summed E-state index contributed by atoms with van der Waals surface area (Å²) in [5.41, 5.74) is 15.3. The zero-order valence-electron chi connectivity index (χ0n) is 54.3. The first-order valence-corrected chi connectivity index (χ1v) is 31.0. The highest BCUT2D eigenvalue weighted by atomic mass is 16.7. The minimum absolute atomic E-state index is 0.00887. The predicted molar refractivity (Wildman–Crippen MR) is 347 cm³/mol. The van der Waals surface area contributed by atoms with Crippen LogP contribution in [0.2, 0.25) is 0 Å². The van der Waals surface area contributed by atoms with Gasteiger partial charge in [-0.05, 0) is 62.6 Å². The lowest BCUT2D eigenvalue weighted by molar-refractivity contribution is -0.271. The van der Waals surface area contributed by atoms with Gasteiger partial charge < -0.3 is 84.7 Å². The number of rotatable bonds is 29. The summed E-state index contributed by atoms with van der Waals surface area (Å²) in [6.45, 7) is 7.07. The van der Waals surface area contributed by atoms with Crippen molar-refractivity contribution in [1.29, 1.82) is 0 Å². The first kappa shape index (κ1) is 70.1. The van der Waals surface area contributed by atoms with Gasteiger partial charge in [0.2, 0.25) is 35.7 Å². The number of anilines is 2. The highest BCUT2D eigenvalue weighted by Crippen LogP contribution is 2.37. The van der Waals surface area contributed by atoms with E-state index in [0.717, 1.165) is 22.7 Å². The number of hydrogen-bond donors (Lipinski definition) is 9. The van der Waals surface area contributed by atoms with Gasteiger partial charge in [-0.3, -0.25) is 48.5 Å². The summed E-state index contributed by atoms with van der Waals surface area (Å²) >= 11 is 0. The van der Waals surface area contributed by atoms with Crippen LogP contribution in [0.15, 0.2) is 77.4 Å². The third-order valence-electron chi connectivity index (χ3n) is 15.9. The van der Waals surface area contributed by atoms with E-state index in [0.29, 0.717) is 57.8 Å². The van der Waals surface area contributed by atoms with Crippen LogP contribution in [0.5, 0.6) is 17.2 Å². The molecule has 1 saturated heterocycles. The highest BCUT2D eigenvalue weighted by Gasteiger charge is 2.48. The van der Waals surface area contributed by atoms with Crippen molar-refractivity contribution in [3.8, 4) is 28.8 Å². The van der Waals surface area contributed by atoms with E-state index in [9.17, 15) is 63.6 Å². The molecule has 5 atom stereocenters. The number of nitrogens with two attached hydrogens (primary N) is 2. The van der Waals surface area contributed by atoms with Gasteiger partial charge >= 0.3 is 12.1 Å². The lowest BCUT2D eigenvalue weighted by Gasteiger charge is -2.38. The van der Waals surface area contributed by atoms with E-state index >= 15 is 0 Å². The molecule has 0 aliphatic carbocycles. The second-order valence-corrected chi connectivity index (χ2v) is 22.8. The summed E-state index contributed by atoms with van der Waals surface area (Å²) in [7, 11) is 2.90. The maximum absolute atomic E-state index is 14.1. The number of hydrogen-bond acceptors (Lipinski definition) is 24. The Labute approximate surface area is 561 Å².